The van der Waals surface area contributed by atoms with Gasteiger partial charge in [0.2, 0.25) is 5.91 Å². The molecule has 0 radical (unpaired) electrons. The maximum Gasteiger partial charge on any atom is 0.221 e. The number of carbonyl (C=O) groups is 1. The topological polar surface area (TPSA) is 71.9 Å². The molecule has 0 fully saturated rings. The van der Waals surface area contributed by atoms with Crippen LogP contribution < -0.4 is 10.1 Å². The molecule has 0 saturated heterocycles. The van der Waals surface area contributed by atoms with E-state index in [0.29, 0.717) is 12.8 Å². The van der Waals surface area contributed by atoms with E-state index in [1.807, 2.05) is 66.5 Å². The Morgan fingerprint density at radius 1 is 1.24 bits per heavy atom. The number of methoxy groups -OCH3 is 1. The summed E-state index contributed by atoms with van der Waals surface area (Å²) in [6.45, 7) is 0. The number of rotatable bonds is 7. The number of fused-ring (bicyclic) bond motifs is 1. The molecular weight excluding hydrogens is 364 g/mol. The minimum Gasteiger partial charge on any atom is -0.497 e. The number of amides is 1. The number of aromatic amines is 1. The van der Waals surface area contributed by atoms with Crippen molar-refractivity contribution in [3.63, 3.8) is 0 Å². The highest BCUT2D eigenvalue weighted by Crippen LogP contribution is 2.25. The van der Waals surface area contributed by atoms with E-state index >= 15 is 0 Å². The number of hydrogen-bond donors (Lipinski definition) is 2. The standard InChI is InChI=1S/C23H24N4O2/c1-27-13-12-24-23(27)22(16-6-5-7-18(14-16)29-2)26-21(28)11-10-17-15-25-20-9-4-3-8-19(17)20/h3-9,12-15,22,25H,10-11H2,1-2H3,(H,26,28). The molecule has 2 aromatic heterocycles. The van der Waals surface area contributed by atoms with E-state index in [1.165, 1.54) is 0 Å². The summed E-state index contributed by atoms with van der Waals surface area (Å²) >= 11 is 0. The molecule has 2 N–H and O–H groups in total. The predicted molar refractivity (Wildman–Crippen MR) is 113 cm³/mol. The number of imidazole rings is 1. The van der Waals surface area contributed by atoms with Crippen LogP contribution in [-0.4, -0.2) is 27.6 Å². The van der Waals surface area contributed by atoms with Crippen LogP contribution in [0.2, 0.25) is 0 Å². The van der Waals surface area contributed by atoms with Crippen LogP contribution in [0.15, 0.2) is 67.1 Å². The Hall–Kier alpha value is -3.54. The molecule has 0 aliphatic rings. The zero-order valence-corrected chi connectivity index (χ0v) is 16.6. The number of benzene rings is 2. The number of nitrogens with zero attached hydrogens (tertiary/aromatic N) is 2. The van der Waals surface area contributed by atoms with Crippen molar-refractivity contribution in [2.45, 2.75) is 18.9 Å². The molecule has 0 bridgehead atoms. The van der Waals surface area contributed by atoms with Gasteiger partial charge in [-0.3, -0.25) is 4.79 Å². The Morgan fingerprint density at radius 3 is 2.90 bits per heavy atom. The van der Waals surface area contributed by atoms with Gasteiger partial charge in [0.1, 0.15) is 17.6 Å². The lowest BCUT2D eigenvalue weighted by Crippen LogP contribution is -2.31. The van der Waals surface area contributed by atoms with Crippen LogP contribution in [0.3, 0.4) is 0 Å². The monoisotopic (exact) mass is 388 g/mol. The van der Waals surface area contributed by atoms with Crippen LogP contribution in [0.1, 0.15) is 29.4 Å². The lowest BCUT2D eigenvalue weighted by Gasteiger charge is -2.20. The molecule has 1 unspecified atom stereocenters. The van der Waals surface area contributed by atoms with E-state index in [-0.39, 0.29) is 11.9 Å². The van der Waals surface area contributed by atoms with Crippen molar-refractivity contribution < 1.29 is 9.53 Å². The minimum absolute atomic E-state index is 0.0221. The molecule has 148 valence electrons. The Labute approximate surface area is 169 Å². The van der Waals surface area contributed by atoms with Crippen molar-refractivity contribution in [3.8, 4) is 5.75 Å². The van der Waals surface area contributed by atoms with Gasteiger partial charge in [-0.15, -0.1) is 0 Å². The SMILES string of the molecule is COc1cccc(C(NC(=O)CCc2c[nH]c3ccccc23)c2nccn2C)c1. The van der Waals surface area contributed by atoms with Crippen molar-refractivity contribution in [2.24, 2.45) is 7.05 Å². The maximum absolute atomic E-state index is 12.8. The number of aryl methyl sites for hydroxylation is 2. The van der Waals surface area contributed by atoms with Gasteiger partial charge in [0, 0.05) is 43.0 Å². The highest BCUT2D eigenvalue weighted by Gasteiger charge is 2.21. The highest BCUT2D eigenvalue weighted by molar-refractivity contribution is 5.84. The number of para-hydroxylation sites is 1. The summed E-state index contributed by atoms with van der Waals surface area (Å²) in [6.07, 6.45) is 6.66. The Kier molecular flexibility index (Phi) is 5.33. The van der Waals surface area contributed by atoms with E-state index in [0.717, 1.165) is 33.6 Å². The summed E-state index contributed by atoms with van der Waals surface area (Å²) in [5, 5.41) is 4.31. The molecule has 29 heavy (non-hydrogen) atoms. The molecule has 6 nitrogen and oxygen atoms in total. The van der Waals surface area contributed by atoms with Gasteiger partial charge in [-0.2, -0.15) is 0 Å². The van der Waals surface area contributed by atoms with Crippen molar-refractivity contribution in [1.82, 2.24) is 19.9 Å². The first kappa shape index (κ1) is 18.8. The third-order valence-electron chi connectivity index (χ3n) is 5.15. The molecule has 4 rings (SSSR count). The average molecular weight is 388 g/mol. The molecule has 1 amide bonds. The van der Waals surface area contributed by atoms with Crippen LogP contribution in [-0.2, 0) is 18.3 Å². The van der Waals surface area contributed by atoms with Gasteiger partial charge in [0.15, 0.2) is 0 Å². The second-order valence-electron chi connectivity index (χ2n) is 7.03. The quantitative estimate of drug-likeness (QED) is 0.506. The summed E-state index contributed by atoms with van der Waals surface area (Å²) in [5.74, 6) is 1.50. The normalized spacial score (nSPS) is 12.1. The largest absolute Gasteiger partial charge is 0.497 e. The zero-order chi connectivity index (χ0) is 20.2. The molecule has 2 heterocycles. The van der Waals surface area contributed by atoms with E-state index in [9.17, 15) is 4.79 Å². The van der Waals surface area contributed by atoms with Crippen LogP contribution in [0.5, 0.6) is 5.75 Å². The summed E-state index contributed by atoms with van der Waals surface area (Å²) in [4.78, 5) is 20.5. The van der Waals surface area contributed by atoms with Crippen LogP contribution >= 0.6 is 0 Å². The van der Waals surface area contributed by atoms with E-state index in [1.54, 1.807) is 13.3 Å². The second-order valence-corrected chi connectivity index (χ2v) is 7.03. The van der Waals surface area contributed by atoms with E-state index in [4.69, 9.17) is 4.74 Å². The van der Waals surface area contributed by atoms with Gasteiger partial charge < -0.3 is 19.6 Å². The molecule has 1 atom stereocenters. The molecule has 0 aliphatic heterocycles. The zero-order valence-electron chi connectivity index (χ0n) is 16.6. The van der Waals surface area contributed by atoms with Gasteiger partial charge in [-0.05, 0) is 35.7 Å². The Bertz CT molecular complexity index is 1130. The Balaban J connectivity index is 1.52. The Morgan fingerprint density at radius 2 is 2.10 bits per heavy atom. The first-order valence-electron chi connectivity index (χ1n) is 9.61. The van der Waals surface area contributed by atoms with Gasteiger partial charge in [0.25, 0.3) is 0 Å². The van der Waals surface area contributed by atoms with Crippen LogP contribution in [0, 0.1) is 0 Å². The summed E-state index contributed by atoms with van der Waals surface area (Å²) in [5.41, 5.74) is 3.16. The molecular formula is C23H24N4O2. The number of aromatic nitrogens is 3. The van der Waals surface area contributed by atoms with Crippen molar-refractivity contribution >= 4 is 16.8 Å². The van der Waals surface area contributed by atoms with E-state index < -0.39 is 0 Å². The third-order valence-corrected chi connectivity index (χ3v) is 5.15. The number of H-pyrrole nitrogens is 1. The van der Waals surface area contributed by atoms with Gasteiger partial charge in [-0.25, -0.2) is 4.98 Å². The minimum atomic E-state index is -0.347. The first-order valence-corrected chi connectivity index (χ1v) is 9.61. The third kappa shape index (κ3) is 4.01. The van der Waals surface area contributed by atoms with Crippen molar-refractivity contribution in [3.05, 3.63) is 84.1 Å². The molecule has 2 aromatic carbocycles. The predicted octanol–water partition coefficient (Wildman–Crippen LogP) is 3.75. The lowest BCUT2D eigenvalue weighted by molar-refractivity contribution is -0.121. The average Bonchev–Trinajstić information content (AvgIpc) is 3.36. The smallest absolute Gasteiger partial charge is 0.221 e. The fourth-order valence-corrected chi connectivity index (χ4v) is 3.59. The van der Waals surface area contributed by atoms with Gasteiger partial charge in [0.05, 0.1) is 7.11 Å². The molecule has 0 saturated carbocycles. The maximum atomic E-state index is 12.8. The van der Waals surface area contributed by atoms with Crippen molar-refractivity contribution in [1.29, 1.82) is 0 Å². The van der Waals surface area contributed by atoms with Crippen molar-refractivity contribution in [2.75, 3.05) is 7.11 Å². The van der Waals surface area contributed by atoms with Crippen LogP contribution in [0.4, 0.5) is 0 Å². The lowest BCUT2D eigenvalue weighted by atomic mass is 10.0. The van der Waals surface area contributed by atoms with E-state index in [2.05, 4.69) is 21.4 Å². The fourth-order valence-electron chi connectivity index (χ4n) is 3.59. The first-order chi connectivity index (χ1) is 14.2. The number of ether oxygens (including phenoxy) is 1. The number of carbonyl (C=O) groups excluding carboxylic acids is 1. The summed E-state index contributed by atoms with van der Waals surface area (Å²) in [7, 11) is 3.56. The second kappa shape index (κ2) is 8.22. The number of nitrogens with one attached hydrogen (secondary N) is 2. The highest BCUT2D eigenvalue weighted by atomic mass is 16.5. The number of hydrogen-bond acceptors (Lipinski definition) is 3. The van der Waals surface area contributed by atoms with Gasteiger partial charge in [-0.1, -0.05) is 30.3 Å². The summed E-state index contributed by atoms with van der Waals surface area (Å²) < 4.78 is 7.27. The summed E-state index contributed by atoms with van der Waals surface area (Å²) in [6, 6.07) is 15.5. The molecule has 4 aromatic rings. The van der Waals surface area contributed by atoms with Gasteiger partial charge >= 0.3 is 0 Å². The molecule has 6 heteroatoms. The molecule has 0 aliphatic carbocycles. The fraction of sp³-hybridized carbons (Fsp3) is 0.217. The molecule has 0 spiro atoms. The van der Waals surface area contributed by atoms with Crippen LogP contribution in [0.25, 0.3) is 10.9 Å².